The predicted molar refractivity (Wildman–Crippen MR) is 167 cm³/mol. The Labute approximate surface area is 265 Å². The number of carbonyl (C=O) groups excluding carboxylic acids is 1. The molecule has 2 fully saturated rings. The lowest BCUT2D eigenvalue weighted by Gasteiger charge is -2.30. The number of hydrogen-bond donors (Lipinski definition) is 2. The normalized spacial score (nSPS) is 25.9. The summed E-state index contributed by atoms with van der Waals surface area (Å²) in [6, 6.07) is 13.2. The van der Waals surface area contributed by atoms with Crippen molar-refractivity contribution in [3.8, 4) is 11.5 Å². The molecule has 12 heteroatoms. The van der Waals surface area contributed by atoms with Gasteiger partial charge in [-0.15, -0.1) is 0 Å². The second-order valence-corrected chi connectivity index (χ2v) is 13.5. The van der Waals surface area contributed by atoms with Crippen LogP contribution in [0.4, 0.5) is 4.79 Å². The van der Waals surface area contributed by atoms with E-state index in [-0.39, 0.29) is 49.0 Å². The van der Waals surface area contributed by atoms with Gasteiger partial charge in [-0.3, -0.25) is 0 Å². The van der Waals surface area contributed by atoms with Gasteiger partial charge in [0.25, 0.3) is 0 Å². The van der Waals surface area contributed by atoms with Crippen molar-refractivity contribution in [3.05, 3.63) is 66.2 Å². The third-order valence-electron chi connectivity index (χ3n) is 8.44. The maximum atomic E-state index is 14.2. The molecule has 0 radical (unpaired) electrons. The van der Waals surface area contributed by atoms with Gasteiger partial charge in [-0.1, -0.05) is 42.5 Å². The van der Waals surface area contributed by atoms with E-state index in [9.17, 15) is 18.3 Å². The Kier molecular flexibility index (Phi) is 11.7. The number of ether oxygens (including phenoxy) is 5. The number of methoxy groups -OCH3 is 1. The van der Waals surface area contributed by atoms with Crippen LogP contribution in [0.3, 0.4) is 0 Å². The van der Waals surface area contributed by atoms with Crippen LogP contribution in [0.1, 0.15) is 44.1 Å². The fraction of sp³-hybridized carbons (Fsp3) is 0.545. The van der Waals surface area contributed by atoms with Gasteiger partial charge in [-0.05, 0) is 62.6 Å². The van der Waals surface area contributed by atoms with Crippen molar-refractivity contribution in [2.24, 2.45) is 5.92 Å². The number of nitrogens with one attached hydrogen (secondary N) is 1. The Morgan fingerprint density at radius 2 is 1.87 bits per heavy atom. The lowest BCUT2D eigenvalue weighted by atomic mass is 10.0. The van der Waals surface area contributed by atoms with Crippen LogP contribution in [0, 0.1) is 5.92 Å². The molecule has 3 aliphatic rings. The van der Waals surface area contributed by atoms with Crippen LogP contribution in [0.25, 0.3) is 0 Å². The molecule has 2 saturated heterocycles. The summed E-state index contributed by atoms with van der Waals surface area (Å²) in [5.74, 6) is 0.640. The molecule has 0 aliphatic carbocycles. The number of aliphatic hydroxyl groups is 1. The van der Waals surface area contributed by atoms with Crippen LogP contribution < -0.4 is 14.8 Å². The second-order valence-electron chi connectivity index (χ2n) is 11.6. The van der Waals surface area contributed by atoms with Crippen LogP contribution in [-0.4, -0.2) is 88.5 Å². The molecule has 0 unspecified atom stereocenters. The summed E-state index contributed by atoms with van der Waals surface area (Å²) in [6.45, 7) is 1.07. The SMILES string of the molecule is COc1ccc2c(c1)OCCC/C=C/CCCCN(C[C@@H](O)[C@H](Cc1ccccc1)NC(=O)O[C@H]1CO[C@H]3OCC[C@H]31)S2(=O)=O. The Hall–Kier alpha value is -3.16. The fourth-order valence-electron chi connectivity index (χ4n) is 5.92. The van der Waals surface area contributed by atoms with Crippen molar-refractivity contribution in [2.75, 3.05) is 40.0 Å². The minimum Gasteiger partial charge on any atom is -0.497 e. The van der Waals surface area contributed by atoms with E-state index in [1.165, 1.54) is 17.5 Å². The molecule has 1 amide bonds. The number of allylic oxidation sites excluding steroid dienone is 2. The summed E-state index contributed by atoms with van der Waals surface area (Å²) in [7, 11) is -2.60. The molecule has 5 atom stereocenters. The largest absolute Gasteiger partial charge is 0.497 e. The molecule has 0 aromatic heterocycles. The van der Waals surface area contributed by atoms with E-state index >= 15 is 0 Å². The Morgan fingerprint density at radius 3 is 2.67 bits per heavy atom. The van der Waals surface area contributed by atoms with Crippen LogP contribution in [-0.2, 0) is 30.7 Å². The number of sulfonamides is 1. The summed E-state index contributed by atoms with van der Waals surface area (Å²) in [4.78, 5) is 13.1. The van der Waals surface area contributed by atoms with Gasteiger partial charge in [0.15, 0.2) is 6.29 Å². The lowest BCUT2D eigenvalue weighted by Crippen LogP contribution is -2.51. The molecule has 3 aliphatic heterocycles. The molecule has 11 nitrogen and oxygen atoms in total. The summed E-state index contributed by atoms with van der Waals surface area (Å²) in [5, 5.41) is 14.5. The summed E-state index contributed by atoms with van der Waals surface area (Å²) in [5.41, 5.74) is 0.872. The van der Waals surface area contributed by atoms with Gasteiger partial charge in [0, 0.05) is 19.2 Å². The third-order valence-corrected chi connectivity index (χ3v) is 10.3. The Morgan fingerprint density at radius 1 is 1.07 bits per heavy atom. The number of amides is 1. The number of hydrogen-bond acceptors (Lipinski definition) is 9. The number of benzene rings is 2. The molecular weight excluding hydrogens is 600 g/mol. The highest BCUT2D eigenvalue weighted by molar-refractivity contribution is 7.89. The zero-order chi connectivity index (χ0) is 31.6. The first kappa shape index (κ1) is 33.2. The van der Waals surface area contributed by atoms with Crippen molar-refractivity contribution in [1.29, 1.82) is 0 Å². The third kappa shape index (κ3) is 8.76. The molecule has 2 aromatic rings. The van der Waals surface area contributed by atoms with Gasteiger partial charge in [-0.2, -0.15) is 4.31 Å². The van der Waals surface area contributed by atoms with E-state index in [0.29, 0.717) is 25.4 Å². The minimum atomic E-state index is -4.11. The van der Waals surface area contributed by atoms with Gasteiger partial charge in [0.2, 0.25) is 10.0 Å². The van der Waals surface area contributed by atoms with E-state index in [0.717, 1.165) is 37.7 Å². The first-order valence-electron chi connectivity index (χ1n) is 15.7. The Balaban J connectivity index is 1.37. The summed E-state index contributed by atoms with van der Waals surface area (Å²) in [6.07, 6.45) is 6.23. The maximum Gasteiger partial charge on any atom is 0.407 e. The molecule has 0 bridgehead atoms. The van der Waals surface area contributed by atoms with Crippen molar-refractivity contribution < 1.29 is 42.0 Å². The number of alkyl carbamates (subject to hydrolysis) is 1. The first-order chi connectivity index (χ1) is 21.8. The maximum absolute atomic E-state index is 14.2. The van der Waals surface area contributed by atoms with Crippen molar-refractivity contribution >= 4 is 16.1 Å². The van der Waals surface area contributed by atoms with E-state index in [1.54, 1.807) is 12.1 Å². The number of aliphatic hydroxyl groups excluding tert-OH is 1. The van der Waals surface area contributed by atoms with Gasteiger partial charge in [0.1, 0.15) is 22.5 Å². The zero-order valence-electron chi connectivity index (χ0n) is 25.7. The van der Waals surface area contributed by atoms with Crippen LogP contribution in [0.15, 0.2) is 65.6 Å². The Bertz CT molecular complexity index is 1390. The van der Waals surface area contributed by atoms with Crippen LogP contribution >= 0.6 is 0 Å². The molecule has 2 aromatic carbocycles. The molecule has 5 rings (SSSR count). The number of β-amino-alcohol motifs (C(OH)–C–C–N with tert-alkyl or cyclic N) is 1. The van der Waals surface area contributed by atoms with Crippen LogP contribution in [0.2, 0.25) is 0 Å². The lowest BCUT2D eigenvalue weighted by molar-refractivity contribution is -0.0907. The highest BCUT2D eigenvalue weighted by Gasteiger charge is 2.44. The molecule has 0 spiro atoms. The minimum absolute atomic E-state index is 0.00431. The summed E-state index contributed by atoms with van der Waals surface area (Å²) < 4.78 is 57.9. The van der Waals surface area contributed by atoms with E-state index < -0.39 is 34.4 Å². The molecule has 246 valence electrons. The molecule has 3 heterocycles. The molecule has 2 N–H and O–H groups in total. The number of carbonyl (C=O) groups is 1. The smallest absolute Gasteiger partial charge is 0.407 e. The fourth-order valence-corrected chi connectivity index (χ4v) is 7.53. The van der Waals surface area contributed by atoms with Crippen molar-refractivity contribution in [3.63, 3.8) is 0 Å². The highest BCUT2D eigenvalue weighted by atomic mass is 32.2. The summed E-state index contributed by atoms with van der Waals surface area (Å²) >= 11 is 0. The zero-order valence-corrected chi connectivity index (χ0v) is 26.5. The van der Waals surface area contributed by atoms with E-state index in [4.69, 9.17) is 23.7 Å². The topological polar surface area (TPSA) is 133 Å². The molecular formula is C33H44N2O9S. The quantitative estimate of drug-likeness (QED) is 0.409. The molecule has 0 saturated carbocycles. The van der Waals surface area contributed by atoms with Gasteiger partial charge >= 0.3 is 6.09 Å². The van der Waals surface area contributed by atoms with Crippen molar-refractivity contribution in [1.82, 2.24) is 9.62 Å². The van der Waals surface area contributed by atoms with E-state index in [1.807, 2.05) is 30.3 Å². The number of nitrogens with zero attached hydrogens (tertiary/aromatic N) is 1. The van der Waals surface area contributed by atoms with Gasteiger partial charge in [-0.25, -0.2) is 13.2 Å². The van der Waals surface area contributed by atoms with Gasteiger partial charge in [0.05, 0.1) is 45.0 Å². The van der Waals surface area contributed by atoms with Crippen LogP contribution in [0.5, 0.6) is 11.5 Å². The average molecular weight is 645 g/mol. The monoisotopic (exact) mass is 644 g/mol. The first-order valence-corrected chi connectivity index (χ1v) is 17.2. The second kappa shape index (κ2) is 15.9. The predicted octanol–water partition coefficient (Wildman–Crippen LogP) is 4.04. The van der Waals surface area contributed by atoms with Crippen molar-refractivity contribution in [2.45, 2.75) is 74.4 Å². The molecule has 45 heavy (non-hydrogen) atoms. The standard InChI is InChI=1S/C33H44N2O9S/c1-40-25-14-15-31-29(21-25)41-18-11-6-4-2-3-5-10-17-35(45(31,38)39)22-28(36)27(20-24-12-8-7-9-13-24)34-33(37)44-30-23-43-32-26(30)16-19-42-32/h2,4,7-9,12-15,21,26-28,30,32,36H,3,5-6,10-11,16-20,22-23H2,1H3,(H,34,37)/b4-2+/t26-,27-,28+,30-,32+/m0/s1. The average Bonchev–Trinajstić information content (AvgIpc) is 3.66. The number of fused-ring (bicyclic) bond motifs is 2. The highest BCUT2D eigenvalue weighted by Crippen LogP contribution is 2.34. The van der Waals surface area contributed by atoms with Gasteiger partial charge < -0.3 is 34.1 Å². The number of rotatable bonds is 8. The van der Waals surface area contributed by atoms with E-state index in [2.05, 4.69) is 17.5 Å².